The lowest BCUT2D eigenvalue weighted by molar-refractivity contribution is 0.0547. The molecule has 0 saturated heterocycles. The van der Waals surface area contributed by atoms with E-state index in [-0.39, 0.29) is 11.7 Å². The molecule has 1 nitrogen and oxygen atoms in total. The van der Waals surface area contributed by atoms with Crippen LogP contribution in [0.3, 0.4) is 0 Å². The third-order valence-corrected chi connectivity index (χ3v) is 2.43. The second kappa shape index (κ2) is 3.46. The van der Waals surface area contributed by atoms with Gasteiger partial charge >= 0.3 is 0 Å². The van der Waals surface area contributed by atoms with Crippen LogP contribution in [-0.4, -0.2) is 10.7 Å². The second-order valence-electron chi connectivity index (χ2n) is 3.90. The molecular formula is C11H15FO. The molecule has 0 aromatic heterocycles. The predicted molar refractivity (Wildman–Crippen MR) is 51.1 cm³/mol. The highest BCUT2D eigenvalue weighted by Crippen LogP contribution is 2.28. The molecule has 2 heteroatoms. The average molecular weight is 182 g/mol. The summed E-state index contributed by atoms with van der Waals surface area (Å²) in [4.78, 5) is 0. The molecule has 0 aliphatic carbocycles. The molecule has 0 aliphatic heterocycles. The van der Waals surface area contributed by atoms with Gasteiger partial charge in [0.2, 0.25) is 0 Å². The van der Waals surface area contributed by atoms with Crippen LogP contribution in [0.4, 0.5) is 4.39 Å². The van der Waals surface area contributed by atoms with Gasteiger partial charge in [0.25, 0.3) is 0 Å². The van der Waals surface area contributed by atoms with E-state index in [1.54, 1.807) is 32.0 Å². The van der Waals surface area contributed by atoms with Gasteiger partial charge < -0.3 is 5.11 Å². The van der Waals surface area contributed by atoms with Crippen LogP contribution in [0.25, 0.3) is 0 Å². The number of benzene rings is 1. The number of hydrogen-bond acceptors (Lipinski definition) is 1. The van der Waals surface area contributed by atoms with Gasteiger partial charge in [0.05, 0.1) is 5.60 Å². The summed E-state index contributed by atoms with van der Waals surface area (Å²) in [6.07, 6.45) is 0. The molecule has 1 atom stereocenters. The Balaban J connectivity index is 3.02. The molecule has 13 heavy (non-hydrogen) atoms. The van der Waals surface area contributed by atoms with E-state index in [0.29, 0.717) is 5.56 Å². The minimum absolute atomic E-state index is 0.200. The Bertz CT molecular complexity index is 288. The minimum atomic E-state index is -0.887. The summed E-state index contributed by atoms with van der Waals surface area (Å²) in [5.74, 6) is -0.453. The number of rotatable bonds is 2. The van der Waals surface area contributed by atoms with Crippen molar-refractivity contribution in [2.24, 2.45) is 0 Å². The topological polar surface area (TPSA) is 20.2 Å². The van der Waals surface area contributed by atoms with Crippen LogP contribution in [0.15, 0.2) is 24.3 Å². The van der Waals surface area contributed by atoms with Crippen molar-refractivity contribution in [3.63, 3.8) is 0 Å². The van der Waals surface area contributed by atoms with Gasteiger partial charge in [-0.25, -0.2) is 4.39 Å². The maximum absolute atomic E-state index is 13.3. The molecule has 0 saturated carbocycles. The van der Waals surface area contributed by atoms with Crippen LogP contribution in [0.5, 0.6) is 0 Å². The summed E-state index contributed by atoms with van der Waals surface area (Å²) < 4.78 is 13.3. The van der Waals surface area contributed by atoms with Crippen molar-refractivity contribution in [2.45, 2.75) is 32.3 Å². The largest absolute Gasteiger partial charge is 0.390 e. The summed E-state index contributed by atoms with van der Waals surface area (Å²) in [6.45, 7) is 5.19. The van der Waals surface area contributed by atoms with E-state index < -0.39 is 5.60 Å². The first-order valence-corrected chi connectivity index (χ1v) is 4.39. The van der Waals surface area contributed by atoms with E-state index in [4.69, 9.17) is 0 Å². The molecule has 0 aliphatic rings. The van der Waals surface area contributed by atoms with Crippen molar-refractivity contribution in [3.8, 4) is 0 Å². The lowest BCUT2D eigenvalue weighted by Gasteiger charge is -2.26. The summed E-state index contributed by atoms with van der Waals surface area (Å²) in [7, 11) is 0. The highest BCUT2D eigenvalue weighted by molar-refractivity contribution is 5.23. The molecule has 1 rings (SSSR count). The van der Waals surface area contributed by atoms with Crippen LogP contribution < -0.4 is 0 Å². The zero-order valence-corrected chi connectivity index (χ0v) is 8.21. The molecule has 1 aromatic rings. The predicted octanol–water partition coefficient (Wildman–Crippen LogP) is 2.70. The Labute approximate surface area is 78.2 Å². The van der Waals surface area contributed by atoms with E-state index in [1.165, 1.54) is 6.07 Å². The number of hydrogen-bond donors (Lipinski definition) is 1. The fraction of sp³-hybridized carbons (Fsp3) is 0.455. The normalized spacial score (nSPS) is 14.2. The maximum Gasteiger partial charge on any atom is 0.126 e. The average Bonchev–Trinajstić information content (AvgIpc) is 2.02. The highest BCUT2D eigenvalue weighted by atomic mass is 19.1. The molecule has 1 unspecified atom stereocenters. The van der Waals surface area contributed by atoms with Crippen LogP contribution in [0.1, 0.15) is 32.3 Å². The first kappa shape index (κ1) is 10.2. The summed E-state index contributed by atoms with van der Waals surface area (Å²) in [5.41, 5.74) is -0.322. The quantitative estimate of drug-likeness (QED) is 0.745. The standard InChI is InChI=1S/C11H15FO/c1-8(11(2,3)13)9-6-4-5-7-10(9)12/h4-8,13H,1-3H3. The van der Waals surface area contributed by atoms with Crippen LogP contribution >= 0.6 is 0 Å². The summed E-state index contributed by atoms with van der Waals surface area (Å²) in [6, 6.07) is 6.55. The fourth-order valence-corrected chi connectivity index (χ4v) is 1.21. The van der Waals surface area contributed by atoms with Crippen LogP contribution in [-0.2, 0) is 0 Å². The van der Waals surface area contributed by atoms with Gasteiger partial charge in [0.15, 0.2) is 0 Å². The molecule has 0 fully saturated rings. The van der Waals surface area contributed by atoms with Crippen molar-refractivity contribution >= 4 is 0 Å². The van der Waals surface area contributed by atoms with Crippen molar-refractivity contribution in [2.75, 3.05) is 0 Å². The van der Waals surface area contributed by atoms with Gasteiger partial charge in [0, 0.05) is 5.92 Å². The Kier molecular flexibility index (Phi) is 2.71. The third-order valence-electron chi connectivity index (χ3n) is 2.43. The molecule has 0 radical (unpaired) electrons. The van der Waals surface area contributed by atoms with Crippen molar-refractivity contribution in [1.29, 1.82) is 0 Å². The van der Waals surface area contributed by atoms with Crippen molar-refractivity contribution in [3.05, 3.63) is 35.6 Å². The Morgan fingerprint density at radius 1 is 1.31 bits per heavy atom. The Morgan fingerprint density at radius 2 is 1.85 bits per heavy atom. The molecule has 0 amide bonds. The summed E-state index contributed by atoms with van der Waals surface area (Å²) >= 11 is 0. The van der Waals surface area contributed by atoms with E-state index in [9.17, 15) is 9.50 Å². The van der Waals surface area contributed by atoms with Gasteiger partial charge in [0.1, 0.15) is 5.82 Å². The second-order valence-corrected chi connectivity index (χ2v) is 3.90. The molecule has 1 N–H and O–H groups in total. The first-order valence-electron chi connectivity index (χ1n) is 4.39. The number of halogens is 1. The van der Waals surface area contributed by atoms with Gasteiger partial charge in [-0.2, -0.15) is 0 Å². The zero-order chi connectivity index (χ0) is 10.1. The SMILES string of the molecule is CC(c1ccccc1F)C(C)(C)O. The molecule has 0 spiro atoms. The molecule has 0 bridgehead atoms. The summed E-state index contributed by atoms with van der Waals surface area (Å²) in [5, 5.41) is 9.70. The van der Waals surface area contributed by atoms with Gasteiger partial charge in [-0.3, -0.25) is 0 Å². The Morgan fingerprint density at radius 3 is 2.31 bits per heavy atom. The van der Waals surface area contributed by atoms with E-state index in [2.05, 4.69) is 0 Å². The van der Waals surface area contributed by atoms with Gasteiger partial charge in [-0.15, -0.1) is 0 Å². The van der Waals surface area contributed by atoms with Gasteiger partial charge in [-0.05, 0) is 25.5 Å². The highest BCUT2D eigenvalue weighted by Gasteiger charge is 2.25. The smallest absolute Gasteiger partial charge is 0.126 e. The zero-order valence-electron chi connectivity index (χ0n) is 8.21. The lowest BCUT2D eigenvalue weighted by atomic mass is 9.86. The van der Waals surface area contributed by atoms with E-state index in [0.717, 1.165) is 0 Å². The molecule has 1 aromatic carbocycles. The lowest BCUT2D eigenvalue weighted by Crippen LogP contribution is -2.27. The fourth-order valence-electron chi connectivity index (χ4n) is 1.21. The molecule has 0 heterocycles. The third kappa shape index (κ3) is 2.28. The monoisotopic (exact) mass is 182 g/mol. The van der Waals surface area contributed by atoms with E-state index in [1.807, 2.05) is 6.92 Å². The molecular weight excluding hydrogens is 167 g/mol. The first-order chi connectivity index (χ1) is 5.93. The number of aliphatic hydroxyl groups is 1. The van der Waals surface area contributed by atoms with Crippen molar-refractivity contribution < 1.29 is 9.50 Å². The Hall–Kier alpha value is -0.890. The van der Waals surface area contributed by atoms with Gasteiger partial charge in [-0.1, -0.05) is 25.1 Å². The van der Waals surface area contributed by atoms with Crippen LogP contribution in [0.2, 0.25) is 0 Å². The van der Waals surface area contributed by atoms with Crippen molar-refractivity contribution in [1.82, 2.24) is 0 Å². The minimum Gasteiger partial charge on any atom is -0.390 e. The maximum atomic E-state index is 13.3. The molecule has 72 valence electrons. The van der Waals surface area contributed by atoms with Crippen LogP contribution in [0, 0.1) is 5.82 Å². The van der Waals surface area contributed by atoms with E-state index >= 15 is 0 Å².